The summed E-state index contributed by atoms with van der Waals surface area (Å²) in [7, 11) is 3.50. The number of hydrogen-bond acceptors (Lipinski definition) is 3. The fraction of sp³-hybridized carbons (Fsp3) is 0.391. The number of nitrogens with one attached hydrogen (secondary N) is 2. The maximum Gasteiger partial charge on any atom is 0.251 e. The van der Waals surface area contributed by atoms with Crippen molar-refractivity contribution in [2.45, 2.75) is 17.7 Å². The van der Waals surface area contributed by atoms with Crippen LogP contribution in [0, 0.1) is 5.92 Å². The van der Waals surface area contributed by atoms with Gasteiger partial charge in [-0.1, -0.05) is 30.3 Å². The molecule has 0 saturated carbocycles. The van der Waals surface area contributed by atoms with Crippen molar-refractivity contribution >= 4 is 23.6 Å². The molecule has 2 aromatic rings. The van der Waals surface area contributed by atoms with E-state index in [4.69, 9.17) is 0 Å². The Morgan fingerprint density at radius 3 is 2.79 bits per heavy atom. The van der Waals surface area contributed by atoms with Gasteiger partial charge in [0.1, 0.15) is 0 Å². The molecule has 2 aromatic carbocycles. The van der Waals surface area contributed by atoms with Crippen LogP contribution in [0.25, 0.3) is 0 Å². The van der Waals surface area contributed by atoms with E-state index in [2.05, 4.69) is 56.9 Å². The predicted octanol–water partition coefficient (Wildman–Crippen LogP) is 3.28. The number of thioether (sulfide) groups is 1. The molecule has 1 amide bonds. The van der Waals surface area contributed by atoms with E-state index in [9.17, 15) is 4.79 Å². The van der Waals surface area contributed by atoms with Crippen LogP contribution < -0.4 is 10.6 Å². The number of rotatable bonds is 7. The van der Waals surface area contributed by atoms with Crippen molar-refractivity contribution in [1.29, 1.82) is 0 Å². The van der Waals surface area contributed by atoms with Gasteiger partial charge in [0.05, 0.1) is 0 Å². The fourth-order valence-electron chi connectivity index (χ4n) is 3.56. The molecule has 0 aliphatic carbocycles. The van der Waals surface area contributed by atoms with Crippen molar-refractivity contribution in [3.8, 4) is 0 Å². The summed E-state index contributed by atoms with van der Waals surface area (Å²) in [4.78, 5) is 20.0. The SMILES string of the molecule is CN=C(NCCc1cccc(C(=O)NC)c1)N1CCC(CSc2ccccc2)C1. The minimum absolute atomic E-state index is 0.0490. The zero-order valence-electron chi connectivity index (χ0n) is 17.2. The molecule has 1 atom stereocenters. The Bertz CT molecular complexity index is 825. The zero-order chi connectivity index (χ0) is 20.5. The first kappa shape index (κ1) is 21.2. The maximum absolute atomic E-state index is 11.8. The quantitative estimate of drug-likeness (QED) is 0.418. The second kappa shape index (κ2) is 10.9. The van der Waals surface area contributed by atoms with Gasteiger partial charge in [-0.05, 0) is 48.6 Å². The highest BCUT2D eigenvalue weighted by Gasteiger charge is 2.24. The summed E-state index contributed by atoms with van der Waals surface area (Å²) in [6.45, 7) is 2.89. The van der Waals surface area contributed by atoms with Crippen LogP contribution in [-0.2, 0) is 6.42 Å². The zero-order valence-corrected chi connectivity index (χ0v) is 18.0. The van der Waals surface area contributed by atoms with Crippen LogP contribution in [-0.4, -0.2) is 56.2 Å². The molecule has 6 heteroatoms. The van der Waals surface area contributed by atoms with Crippen molar-refractivity contribution in [3.05, 3.63) is 65.7 Å². The largest absolute Gasteiger partial charge is 0.356 e. The molecule has 1 heterocycles. The molecule has 0 aromatic heterocycles. The molecular weight excluding hydrogens is 380 g/mol. The number of carbonyl (C=O) groups excluding carboxylic acids is 1. The number of aliphatic imine (C=N–C) groups is 1. The van der Waals surface area contributed by atoms with Gasteiger partial charge in [0.15, 0.2) is 5.96 Å². The molecule has 1 fully saturated rings. The van der Waals surface area contributed by atoms with Crippen LogP contribution in [0.4, 0.5) is 0 Å². The third kappa shape index (κ3) is 6.26. The summed E-state index contributed by atoms with van der Waals surface area (Å²) in [6.07, 6.45) is 2.06. The number of carbonyl (C=O) groups is 1. The molecule has 0 bridgehead atoms. The number of hydrogen-bond donors (Lipinski definition) is 2. The first-order valence-electron chi connectivity index (χ1n) is 10.1. The Kier molecular flexibility index (Phi) is 7.99. The summed E-state index contributed by atoms with van der Waals surface area (Å²) in [5.41, 5.74) is 1.85. The smallest absolute Gasteiger partial charge is 0.251 e. The van der Waals surface area contributed by atoms with Gasteiger partial charge >= 0.3 is 0 Å². The standard InChI is InChI=1S/C23H30N4OS/c1-24-22(28)20-8-6-7-18(15-20)11-13-26-23(25-2)27-14-12-19(16-27)17-29-21-9-4-3-5-10-21/h3-10,15,19H,11-14,16-17H2,1-2H3,(H,24,28)(H,25,26). The van der Waals surface area contributed by atoms with E-state index in [1.807, 2.05) is 37.0 Å². The van der Waals surface area contributed by atoms with Gasteiger partial charge < -0.3 is 15.5 Å². The molecule has 154 valence electrons. The highest BCUT2D eigenvalue weighted by molar-refractivity contribution is 7.99. The summed E-state index contributed by atoms with van der Waals surface area (Å²) < 4.78 is 0. The van der Waals surface area contributed by atoms with Crippen molar-refractivity contribution in [2.75, 3.05) is 39.5 Å². The maximum atomic E-state index is 11.8. The van der Waals surface area contributed by atoms with Gasteiger partial charge in [-0.25, -0.2) is 0 Å². The fourth-order valence-corrected chi connectivity index (χ4v) is 4.61. The summed E-state index contributed by atoms with van der Waals surface area (Å²) in [5.74, 6) is 2.75. The molecule has 1 unspecified atom stereocenters. The first-order chi connectivity index (χ1) is 14.2. The molecular formula is C23H30N4OS. The van der Waals surface area contributed by atoms with Crippen LogP contribution in [0.5, 0.6) is 0 Å². The average Bonchev–Trinajstić information content (AvgIpc) is 3.24. The number of amides is 1. The second-order valence-corrected chi connectivity index (χ2v) is 8.32. The molecule has 3 rings (SSSR count). The molecule has 2 N–H and O–H groups in total. The number of likely N-dealkylation sites (tertiary alicyclic amines) is 1. The molecule has 1 aliphatic rings. The Morgan fingerprint density at radius 1 is 1.21 bits per heavy atom. The van der Waals surface area contributed by atoms with E-state index in [-0.39, 0.29) is 5.91 Å². The lowest BCUT2D eigenvalue weighted by atomic mass is 10.1. The highest BCUT2D eigenvalue weighted by Crippen LogP contribution is 2.25. The third-order valence-electron chi connectivity index (χ3n) is 5.14. The molecule has 1 saturated heterocycles. The molecule has 0 radical (unpaired) electrons. The van der Waals surface area contributed by atoms with Crippen molar-refractivity contribution < 1.29 is 4.79 Å². The minimum atomic E-state index is -0.0490. The van der Waals surface area contributed by atoms with Crippen LogP contribution >= 0.6 is 11.8 Å². The van der Waals surface area contributed by atoms with Gasteiger partial charge in [0.25, 0.3) is 5.91 Å². The third-order valence-corrected chi connectivity index (χ3v) is 6.38. The Balaban J connectivity index is 1.44. The Hall–Kier alpha value is -2.47. The normalized spacial score (nSPS) is 16.7. The molecule has 29 heavy (non-hydrogen) atoms. The lowest BCUT2D eigenvalue weighted by Crippen LogP contribution is -2.41. The van der Waals surface area contributed by atoms with E-state index in [1.54, 1.807) is 7.05 Å². The van der Waals surface area contributed by atoms with Gasteiger partial charge in [-0.15, -0.1) is 11.8 Å². The lowest BCUT2D eigenvalue weighted by Gasteiger charge is -2.21. The van der Waals surface area contributed by atoms with Crippen molar-refractivity contribution in [3.63, 3.8) is 0 Å². The molecule has 5 nitrogen and oxygen atoms in total. The van der Waals surface area contributed by atoms with Crippen LogP contribution in [0.2, 0.25) is 0 Å². The molecule has 0 spiro atoms. The summed E-state index contributed by atoms with van der Waals surface area (Å²) >= 11 is 1.94. The van der Waals surface area contributed by atoms with Crippen molar-refractivity contribution in [2.24, 2.45) is 10.9 Å². The first-order valence-corrected chi connectivity index (χ1v) is 11.1. The van der Waals surface area contributed by atoms with Crippen molar-refractivity contribution in [1.82, 2.24) is 15.5 Å². The number of nitrogens with zero attached hydrogens (tertiary/aromatic N) is 2. The van der Waals surface area contributed by atoms with Gasteiger partial charge in [0, 0.05) is 49.9 Å². The average molecular weight is 411 g/mol. The van der Waals surface area contributed by atoms with E-state index in [0.29, 0.717) is 11.5 Å². The number of guanidine groups is 1. The summed E-state index contributed by atoms with van der Waals surface area (Å²) in [5, 5.41) is 6.16. The molecule has 1 aliphatic heterocycles. The van der Waals surface area contributed by atoms with Crippen LogP contribution in [0.15, 0.2) is 64.5 Å². The van der Waals surface area contributed by atoms with Crippen LogP contribution in [0.1, 0.15) is 22.3 Å². The van der Waals surface area contributed by atoms with E-state index in [0.717, 1.165) is 43.3 Å². The minimum Gasteiger partial charge on any atom is -0.356 e. The summed E-state index contributed by atoms with van der Waals surface area (Å²) in [6, 6.07) is 18.4. The topological polar surface area (TPSA) is 56.7 Å². The predicted molar refractivity (Wildman–Crippen MR) is 122 cm³/mol. The van der Waals surface area contributed by atoms with E-state index in [1.165, 1.54) is 11.3 Å². The van der Waals surface area contributed by atoms with E-state index >= 15 is 0 Å². The highest BCUT2D eigenvalue weighted by atomic mass is 32.2. The van der Waals surface area contributed by atoms with Crippen LogP contribution in [0.3, 0.4) is 0 Å². The Labute approximate surface area is 178 Å². The van der Waals surface area contributed by atoms with Gasteiger partial charge in [-0.3, -0.25) is 9.79 Å². The van der Waals surface area contributed by atoms with Gasteiger partial charge in [0.2, 0.25) is 0 Å². The van der Waals surface area contributed by atoms with Gasteiger partial charge in [-0.2, -0.15) is 0 Å². The Morgan fingerprint density at radius 2 is 2.03 bits per heavy atom. The lowest BCUT2D eigenvalue weighted by molar-refractivity contribution is 0.0963. The monoisotopic (exact) mass is 410 g/mol. The number of benzene rings is 2. The second-order valence-electron chi connectivity index (χ2n) is 7.23. The van der Waals surface area contributed by atoms with E-state index < -0.39 is 0 Å².